The monoisotopic (exact) mass is 510 g/mol. The van der Waals surface area contributed by atoms with Gasteiger partial charge in [-0.15, -0.1) is 0 Å². The number of Topliss-reactive ketones (excluding diaryl/α,β-unsaturated/α-hetero) is 1. The maximum absolute atomic E-state index is 13.2. The number of fused-ring (bicyclic) bond motifs is 2. The molecule has 5 aliphatic carbocycles. The summed E-state index contributed by atoms with van der Waals surface area (Å²) in [5.74, 6) is 0.158. The lowest BCUT2D eigenvalue weighted by Gasteiger charge is -2.61. The average Bonchev–Trinajstić information content (AvgIpc) is 3.44. The SMILES string of the molecule is C=C(C(=O)[C@@H](O)[C@H](C)[C@@H]1[C@H](OC(C)=O)C[C@]2(C)[C@H]3CC[C@@H]4[C@@H](C)C(=O)C=C[C@@]45C[C@]35CC[C@@]12C)C(C)C. The van der Waals surface area contributed by atoms with Gasteiger partial charge in [-0.25, -0.2) is 0 Å². The molecule has 0 aliphatic heterocycles. The van der Waals surface area contributed by atoms with Gasteiger partial charge in [0.15, 0.2) is 11.6 Å². The Bertz CT molecular complexity index is 1070. The van der Waals surface area contributed by atoms with Crippen LogP contribution in [-0.4, -0.2) is 34.9 Å². The van der Waals surface area contributed by atoms with Crippen LogP contribution in [0.2, 0.25) is 0 Å². The van der Waals surface area contributed by atoms with Crippen molar-refractivity contribution in [2.45, 2.75) is 99.2 Å². The fourth-order valence-electron chi connectivity index (χ4n) is 10.6. The van der Waals surface area contributed by atoms with E-state index in [0.29, 0.717) is 17.4 Å². The van der Waals surface area contributed by atoms with E-state index in [2.05, 4.69) is 33.4 Å². The standard InChI is InChI=1S/C32H46O5/c1-17(2)18(3)27(35)28(36)20(5)26-24(37-21(6)33)15-30(8)25-10-9-22-19(4)23(34)11-12-31(22)16-32(25,31)14-13-29(26,30)7/h11-12,17,19-20,22,24-26,28,36H,3,9-10,13-16H2,1-2,4-8H3/t19-,20-,22-,24-,25-,26-,28+,29+,30-,31-,32-/m1/s1. The van der Waals surface area contributed by atoms with Gasteiger partial charge < -0.3 is 9.84 Å². The van der Waals surface area contributed by atoms with Crippen LogP contribution >= 0.6 is 0 Å². The van der Waals surface area contributed by atoms with Crippen molar-refractivity contribution in [3.05, 3.63) is 24.3 Å². The van der Waals surface area contributed by atoms with Crippen LogP contribution < -0.4 is 0 Å². The van der Waals surface area contributed by atoms with Gasteiger partial charge in [0.2, 0.25) is 0 Å². The Morgan fingerprint density at radius 2 is 1.81 bits per heavy atom. The Hall–Kier alpha value is -1.75. The van der Waals surface area contributed by atoms with Crippen LogP contribution in [0.25, 0.3) is 0 Å². The molecule has 4 saturated carbocycles. The third-order valence-electron chi connectivity index (χ3n) is 12.7. The van der Waals surface area contributed by atoms with Gasteiger partial charge in [-0.1, -0.05) is 54.2 Å². The molecule has 1 N–H and O–H groups in total. The molecule has 0 amide bonds. The quantitative estimate of drug-likeness (QED) is 0.366. The molecule has 204 valence electrons. The van der Waals surface area contributed by atoms with Crippen LogP contribution in [-0.2, 0) is 19.1 Å². The summed E-state index contributed by atoms with van der Waals surface area (Å²) < 4.78 is 6.03. The van der Waals surface area contributed by atoms with E-state index in [1.54, 1.807) is 0 Å². The minimum Gasteiger partial charge on any atom is -0.462 e. The molecule has 0 aromatic carbocycles. The van der Waals surface area contributed by atoms with Crippen LogP contribution in [0.15, 0.2) is 24.3 Å². The van der Waals surface area contributed by atoms with E-state index in [1.807, 2.05) is 26.8 Å². The summed E-state index contributed by atoms with van der Waals surface area (Å²) in [4.78, 5) is 38.0. The first-order valence-electron chi connectivity index (χ1n) is 14.5. The van der Waals surface area contributed by atoms with Crippen molar-refractivity contribution in [2.24, 2.45) is 57.2 Å². The van der Waals surface area contributed by atoms with Crippen molar-refractivity contribution < 1.29 is 24.2 Å². The molecule has 0 aromatic rings. The summed E-state index contributed by atoms with van der Waals surface area (Å²) in [7, 11) is 0. The van der Waals surface area contributed by atoms with Crippen molar-refractivity contribution >= 4 is 17.5 Å². The Kier molecular flexibility index (Phi) is 6.07. The number of aliphatic hydroxyl groups excluding tert-OH is 1. The summed E-state index contributed by atoms with van der Waals surface area (Å²) in [6.07, 6.45) is 8.76. The average molecular weight is 511 g/mol. The van der Waals surface area contributed by atoms with Crippen molar-refractivity contribution in [1.29, 1.82) is 0 Å². The summed E-state index contributed by atoms with van der Waals surface area (Å²) in [5.41, 5.74) is 0.505. The number of rotatable bonds is 6. The first-order chi connectivity index (χ1) is 17.2. The van der Waals surface area contributed by atoms with Gasteiger partial charge in [0.25, 0.3) is 0 Å². The van der Waals surface area contributed by atoms with Crippen molar-refractivity contribution in [1.82, 2.24) is 0 Å². The molecule has 0 bridgehead atoms. The van der Waals surface area contributed by atoms with Gasteiger partial charge in [0.1, 0.15) is 12.2 Å². The second kappa shape index (κ2) is 8.37. The molecule has 5 nitrogen and oxygen atoms in total. The van der Waals surface area contributed by atoms with Crippen LogP contribution in [0.4, 0.5) is 0 Å². The van der Waals surface area contributed by atoms with Gasteiger partial charge in [-0.2, -0.15) is 0 Å². The van der Waals surface area contributed by atoms with Crippen LogP contribution in [0.1, 0.15) is 87.0 Å². The molecule has 0 heterocycles. The normalized spacial score (nSPS) is 47.3. The Morgan fingerprint density at radius 1 is 1.14 bits per heavy atom. The molecule has 11 atom stereocenters. The van der Waals surface area contributed by atoms with E-state index >= 15 is 0 Å². The van der Waals surface area contributed by atoms with E-state index in [9.17, 15) is 19.5 Å². The smallest absolute Gasteiger partial charge is 0.302 e. The third-order valence-corrected chi connectivity index (χ3v) is 12.7. The lowest BCUT2D eigenvalue weighted by Crippen LogP contribution is -2.56. The minimum atomic E-state index is -1.16. The third kappa shape index (κ3) is 3.34. The maximum atomic E-state index is 13.2. The zero-order valence-corrected chi connectivity index (χ0v) is 23.8. The molecular formula is C32H46O5. The number of allylic oxidation sites excluding steroid dienone is 2. The van der Waals surface area contributed by atoms with E-state index in [0.717, 1.165) is 38.5 Å². The molecule has 0 aromatic heterocycles. The highest BCUT2D eigenvalue weighted by atomic mass is 16.5. The van der Waals surface area contributed by atoms with Crippen LogP contribution in [0.5, 0.6) is 0 Å². The lowest BCUT2D eigenvalue weighted by atomic mass is 9.43. The summed E-state index contributed by atoms with van der Waals surface area (Å²) >= 11 is 0. The van der Waals surface area contributed by atoms with Crippen molar-refractivity contribution in [3.8, 4) is 0 Å². The highest BCUT2D eigenvalue weighted by Gasteiger charge is 2.81. The highest BCUT2D eigenvalue weighted by molar-refractivity contribution is 5.98. The topological polar surface area (TPSA) is 80.7 Å². The number of hydrogen-bond acceptors (Lipinski definition) is 5. The predicted molar refractivity (Wildman–Crippen MR) is 142 cm³/mol. The molecule has 5 aliphatic rings. The highest BCUT2D eigenvalue weighted by Crippen LogP contribution is 2.87. The number of carbonyl (C=O) groups is 3. The number of esters is 1. The fraction of sp³-hybridized carbons (Fsp3) is 0.781. The molecule has 0 unspecified atom stereocenters. The second-order valence-corrected chi connectivity index (χ2v) is 14.2. The van der Waals surface area contributed by atoms with Crippen LogP contribution in [0, 0.1) is 57.2 Å². The molecule has 37 heavy (non-hydrogen) atoms. The molecular weight excluding hydrogens is 464 g/mol. The van der Waals surface area contributed by atoms with Crippen molar-refractivity contribution in [2.75, 3.05) is 0 Å². The Morgan fingerprint density at radius 3 is 2.43 bits per heavy atom. The Balaban J connectivity index is 1.52. The van der Waals surface area contributed by atoms with Gasteiger partial charge in [0, 0.05) is 18.8 Å². The minimum absolute atomic E-state index is 0.0309. The molecule has 5 heteroatoms. The van der Waals surface area contributed by atoms with Gasteiger partial charge in [-0.3, -0.25) is 14.4 Å². The maximum Gasteiger partial charge on any atom is 0.302 e. The molecule has 0 radical (unpaired) electrons. The second-order valence-electron chi connectivity index (χ2n) is 14.2. The molecule has 5 rings (SSSR count). The fourth-order valence-corrected chi connectivity index (χ4v) is 10.6. The number of aliphatic hydroxyl groups is 1. The first-order valence-corrected chi connectivity index (χ1v) is 14.5. The van der Waals surface area contributed by atoms with E-state index in [4.69, 9.17) is 4.74 Å². The first kappa shape index (κ1) is 26.8. The van der Waals surface area contributed by atoms with Crippen LogP contribution in [0.3, 0.4) is 0 Å². The number of ketones is 2. The van der Waals surface area contributed by atoms with Gasteiger partial charge in [-0.05, 0) is 95.5 Å². The summed E-state index contributed by atoms with van der Waals surface area (Å²) in [6, 6.07) is 0. The Labute approximate surface area is 222 Å². The largest absolute Gasteiger partial charge is 0.462 e. The number of ether oxygens (including phenoxy) is 1. The number of carbonyl (C=O) groups excluding carboxylic acids is 3. The van der Waals surface area contributed by atoms with E-state index in [1.165, 1.54) is 6.92 Å². The van der Waals surface area contributed by atoms with Gasteiger partial charge >= 0.3 is 5.97 Å². The zero-order chi connectivity index (χ0) is 27.3. The molecule has 2 spiro atoms. The van der Waals surface area contributed by atoms with E-state index < -0.39 is 6.10 Å². The zero-order valence-electron chi connectivity index (χ0n) is 23.8. The predicted octanol–water partition coefficient (Wildman–Crippen LogP) is 5.70. The molecule has 0 saturated heterocycles. The summed E-state index contributed by atoms with van der Waals surface area (Å²) in [5, 5.41) is 11.3. The van der Waals surface area contributed by atoms with Gasteiger partial charge in [0.05, 0.1) is 0 Å². The molecule has 4 fully saturated rings. The summed E-state index contributed by atoms with van der Waals surface area (Å²) in [6.45, 7) is 18.1. The number of hydrogen-bond donors (Lipinski definition) is 1. The van der Waals surface area contributed by atoms with Crippen molar-refractivity contribution in [3.63, 3.8) is 0 Å². The van der Waals surface area contributed by atoms with E-state index in [-0.39, 0.29) is 69.0 Å². The lowest BCUT2D eigenvalue weighted by molar-refractivity contribution is -0.154.